The Kier molecular flexibility index (Phi) is 2.75. The monoisotopic (exact) mass is 282 g/mol. The zero-order valence-electron chi connectivity index (χ0n) is 9.23. The molecule has 0 amide bonds. The lowest BCUT2D eigenvalue weighted by Crippen LogP contribution is -2.10. The van der Waals surface area contributed by atoms with Crippen molar-refractivity contribution in [3.05, 3.63) is 16.8 Å². The van der Waals surface area contributed by atoms with Crippen molar-refractivity contribution in [3.8, 4) is 0 Å². The maximum absolute atomic E-state index is 11.5. The van der Waals surface area contributed by atoms with Crippen molar-refractivity contribution in [3.63, 3.8) is 0 Å². The van der Waals surface area contributed by atoms with Gasteiger partial charge >= 0.3 is 0 Å². The van der Waals surface area contributed by atoms with Crippen molar-refractivity contribution in [2.75, 3.05) is 0 Å². The molecule has 0 saturated heterocycles. The molecule has 0 fully saturated rings. The molecule has 0 saturated carbocycles. The van der Waals surface area contributed by atoms with E-state index in [1.165, 1.54) is 6.92 Å². The summed E-state index contributed by atoms with van der Waals surface area (Å²) in [5, 5.41) is 0. The lowest BCUT2D eigenvalue weighted by molar-refractivity contribution is 0.0998. The summed E-state index contributed by atoms with van der Waals surface area (Å²) in [5.41, 5.74) is 1.32. The van der Waals surface area contributed by atoms with Crippen LogP contribution in [0.4, 0.5) is 0 Å². The third-order valence-corrected chi connectivity index (χ3v) is 2.62. The number of halogens is 1. The van der Waals surface area contributed by atoms with Crippen molar-refractivity contribution in [2.24, 2.45) is 0 Å². The molecule has 2 aromatic heterocycles. The largest absolute Gasteiger partial charge is 0.304 e. The summed E-state index contributed by atoms with van der Waals surface area (Å²) in [7, 11) is 0. The highest BCUT2D eigenvalue weighted by Crippen LogP contribution is 2.20. The van der Waals surface area contributed by atoms with E-state index in [9.17, 15) is 4.79 Å². The van der Waals surface area contributed by atoms with Crippen LogP contribution in [0.25, 0.3) is 11.2 Å². The molecular weight excluding hydrogens is 272 g/mol. The summed E-state index contributed by atoms with van der Waals surface area (Å²) in [6, 6.07) is 0.130. The Morgan fingerprint density at radius 1 is 1.44 bits per heavy atom. The van der Waals surface area contributed by atoms with Gasteiger partial charge in [-0.25, -0.2) is 15.0 Å². The maximum Gasteiger partial charge on any atom is 0.198 e. The van der Waals surface area contributed by atoms with Gasteiger partial charge in [0.25, 0.3) is 0 Å². The third-order valence-electron chi connectivity index (χ3n) is 2.23. The molecule has 0 spiro atoms. The number of ketones is 1. The van der Waals surface area contributed by atoms with E-state index in [4.69, 9.17) is 0 Å². The van der Waals surface area contributed by atoms with E-state index < -0.39 is 0 Å². The summed E-state index contributed by atoms with van der Waals surface area (Å²) >= 11 is 3.21. The Labute approximate surface area is 101 Å². The predicted octanol–water partition coefficient (Wildman–Crippen LogP) is 2.37. The Balaban J connectivity index is 2.82. The second kappa shape index (κ2) is 3.93. The van der Waals surface area contributed by atoms with Crippen molar-refractivity contribution in [2.45, 2.75) is 26.8 Å². The van der Waals surface area contributed by atoms with Crippen LogP contribution in [-0.2, 0) is 0 Å². The fraction of sp³-hybridized carbons (Fsp3) is 0.400. The number of Topliss-reactive ketones (excluding diaryl/α,β-unsaturated/α-hetero) is 1. The molecule has 0 radical (unpaired) electrons. The summed E-state index contributed by atoms with van der Waals surface area (Å²) in [5.74, 6) is 0.361. The third kappa shape index (κ3) is 1.73. The Morgan fingerprint density at radius 3 is 2.69 bits per heavy atom. The molecule has 2 heterocycles. The van der Waals surface area contributed by atoms with Gasteiger partial charge < -0.3 is 4.57 Å². The summed E-state index contributed by atoms with van der Waals surface area (Å²) in [6.45, 7) is 5.48. The normalized spacial score (nSPS) is 11.3. The fourth-order valence-electron chi connectivity index (χ4n) is 1.61. The minimum absolute atomic E-state index is 0.0668. The highest BCUT2D eigenvalue weighted by atomic mass is 79.9. The second-order valence-electron chi connectivity index (χ2n) is 3.80. The number of aromatic nitrogens is 4. The SMILES string of the molecule is CC(=O)c1nc2cnc(Br)nc2n1C(C)C. The minimum Gasteiger partial charge on any atom is -0.304 e. The number of hydrogen-bond donors (Lipinski definition) is 0. The molecule has 0 atom stereocenters. The quantitative estimate of drug-likeness (QED) is 0.627. The van der Waals surface area contributed by atoms with Crippen LogP contribution < -0.4 is 0 Å². The average Bonchev–Trinajstić information content (AvgIpc) is 2.55. The molecule has 84 valence electrons. The molecule has 0 bridgehead atoms. The molecule has 5 nitrogen and oxygen atoms in total. The van der Waals surface area contributed by atoms with Crippen LogP contribution in [0, 0.1) is 0 Å². The first-order valence-electron chi connectivity index (χ1n) is 4.92. The maximum atomic E-state index is 11.5. The molecule has 0 aromatic carbocycles. The molecular formula is C10H11BrN4O. The van der Waals surface area contributed by atoms with Gasteiger partial charge in [-0.15, -0.1) is 0 Å². The van der Waals surface area contributed by atoms with Crippen molar-refractivity contribution >= 4 is 32.9 Å². The van der Waals surface area contributed by atoms with Crippen LogP contribution in [0.1, 0.15) is 37.4 Å². The molecule has 2 rings (SSSR count). The van der Waals surface area contributed by atoms with E-state index in [0.29, 0.717) is 21.7 Å². The molecule has 0 unspecified atom stereocenters. The predicted molar refractivity (Wildman–Crippen MR) is 63.4 cm³/mol. The molecule has 0 aliphatic heterocycles. The van der Waals surface area contributed by atoms with E-state index in [-0.39, 0.29) is 11.8 Å². The van der Waals surface area contributed by atoms with Crippen LogP contribution in [0.2, 0.25) is 0 Å². The molecule has 0 aliphatic rings. The summed E-state index contributed by atoms with van der Waals surface area (Å²) in [4.78, 5) is 24.0. The standard InChI is InChI=1S/C10H11BrN4O/c1-5(2)15-8(6(3)16)13-7-4-12-10(11)14-9(7)15/h4-5H,1-3H3. The Morgan fingerprint density at radius 2 is 2.12 bits per heavy atom. The van der Waals surface area contributed by atoms with Crippen molar-refractivity contribution in [1.82, 2.24) is 19.5 Å². The molecule has 2 aromatic rings. The van der Waals surface area contributed by atoms with E-state index >= 15 is 0 Å². The van der Waals surface area contributed by atoms with E-state index in [0.717, 1.165) is 0 Å². The number of rotatable bonds is 2. The van der Waals surface area contributed by atoms with Gasteiger partial charge in [-0.3, -0.25) is 4.79 Å². The number of nitrogens with zero attached hydrogens (tertiary/aromatic N) is 4. The van der Waals surface area contributed by atoms with Crippen LogP contribution in [0.3, 0.4) is 0 Å². The topological polar surface area (TPSA) is 60.7 Å². The molecule has 6 heteroatoms. The molecule has 16 heavy (non-hydrogen) atoms. The highest BCUT2D eigenvalue weighted by Gasteiger charge is 2.17. The highest BCUT2D eigenvalue weighted by molar-refractivity contribution is 9.10. The second-order valence-corrected chi connectivity index (χ2v) is 4.51. The average molecular weight is 283 g/mol. The Hall–Kier alpha value is -1.30. The smallest absolute Gasteiger partial charge is 0.198 e. The first kappa shape index (κ1) is 11.2. The first-order chi connectivity index (χ1) is 7.50. The fourth-order valence-corrected chi connectivity index (χ4v) is 1.88. The van der Waals surface area contributed by atoms with Crippen LogP contribution >= 0.6 is 15.9 Å². The van der Waals surface area contributed by atoms with Gasteiger partial charge in [0, 0.05) is 13.0 Å². The first-order valence-corrected chi connectivity index (χ1v) is 5.71. The molecule has 0 aliphatic carbocycles. The number of imidazole rings is 1. The number of hydrogen-bond acceptors (Lipinski definition) is 4. The zero-order valence-corrected chi connectivity index (χ0v) is 10.8. The summed E-state index contributed by atoms with van der Waals surface area (Å²) < 4.78 is 2.32. The van der Waals surface area contributed by atoms with Crippen LogP contribution in [0.15, 0.2) is 10.9 Å². The van der Waals surface area contributed by atoms with Crippen molar-refractivity contribution < 1.29 is 4.79 Å². The lowest BCUT2D eigenvalue weighted by Gasteiger charge is -2.10. The number of fused-ring (bicyclic) bond motifs is 1. The molecule has 0 N–H and O–H groups in total. The van der Waals surface area contributed by atoms with Crippen LogP contribution in [0.5, 0.6) is 0 Å². The van der Waals surface area contributed by atoms with Gasteiger partial charge in [0.15, 0.2) is 22.0 Å². The van der Waals surface area contributed by atoms with Gasteiger partial charge in [0.05, 0.1) is 6.20 Å². The zero-order chi connectivity index (χ0) is 11.9. The number of carbonyl (C=O) groups is 1. The van der Waals surface area contributed by atoms with Gasteiger partial charge in [0.2, 0.25) is 0 Å². The van der Waals surface area contributed by atoms with E-state index in [2.05, 4.69) is 30.9 Å². The number of carbonyl (C=O) groups excluding carboxylic acids is 1. The van der Waals surface area contributed by atoms with Gasteiger partial charge in [0.1, 0.15) is 5.52 Å². The summed E-state index contributed by atoms with van der Waals surface area (Å²) in [6.07, 6.45) is 1.61. The lowest BCUT2D eigenvalue weighted by atomic mass is 10.3. The van der Waals surface area contributed by atoms with Gasteiger partial charge in [-0.1, -0.05) is 0 Å². The van der Waals surface area contributed by atoms with Gasteiger partial charge in [-0.2, -0.15) is 0 Å². The van der Waals surface area contributed by atoms with Gasteiger partial charge in [-0.05, 0) is 29.8 Å². The Bertz CT molecular complexity index is 561. The van der Waals surface area contributed by atoms with Crippen LogP contribution in [-0.4, -0.2) is 25.3 Å². The minimum atomic E-state index is -0.0668. The van der Waals surface area contributed by atoms with Crippen molar-refractivity contribution in [1.29, 1.82) is 0 Å². The van der Waals surface area contributed by atoms with E-state index in [1.807, 2.05) is 18.4 Å². The van der Waals surface area contributed by atoms with E-state index in [1.54, 1.807) is 6.20 Å².